The minimum atomic E-state index is -0.533. The van der Waals surface area contributed by atoms with Crippen LogP contribution >= 0.6 is 0 Å². The van der Waals surface area contributed by atoms with Gasteiger partial charge in [0.1, 0.15) is 17.5 Å². The largest absolute Gasteiger partial charge is 0.373 e. The minimum absolute atomic E-state index is 0.0809. The van der Waals surface area contributed by atoms with Gasteiger partial charge in [0.2, 0.25) is 5.91 Å². The number of rotatable bonds is 5. The van der Waals surface area contributed by atoms with Gasteiger partial charge in [0.15, 0.2) is 0 Å². The smallest absolute Gasteiger partial charge is 0.247 e. The highest BCUT2D eigenvalue weighted by molar-refractivity contribution is 5.94. The lowest BCUT2D eigenvalue weighted by atomic mass is 9.84. The first-order chi connectivity index (χ1) is 15.1. The molecule has 1 spiro atoms. The molecule has 4 aliphatic rings. The molecular weight excluding hydrogens is 393 g/mol. The van der Waals surface area contributed by atoms with Gasteiger partial charge in [-0.25, -0.2) is 4.39 Å². The highest BCUT2D eigenvalue weighted by Crippen LogP contribution is 2.41. The van der Waals surface area contributed by atoms with Crippen LogP contribution in [0.4, 0.5) is 10.1 Å². The average Bonchev–Trinajstić information content (AvgIpc) is 3.52. The number of carbonyl (C=O) groups excluding carboxylic acids is 1. The third-order valence-electron chi connectivity index (χ3n) is 7.91. The van der Waals surface area contributed by atoms with Crippen LogP contribution in [-0.2, 0) is 9.53 Å². The number of amides is 1. The van der Waals surface area contributed by atoms with E-state index in [1.165, 1.54) is 63.6 Å². The van der Waals surface area contributed by atoms with E-state index >= 15 is 0 Å². The number of ether oxygens (including phenoxy) is 1. The van der Waals surface area contributed by atoms with Gasteiger partial charge in [0, 0.05) is 31.7 Å². The summed E-state index contributed by atoms with van der Waals surface area (Å²) in [6.45, 7) is 3.85. The Balaban J connectivity index is 1.30. The lowest BCUT2D eigenvalue weighted by Gasteiger charge is -2.45. The summed E-state index contributed by atoms with van der Waals surface area (Å²) in [5.41, 5.74) is 0.397. The second-order valence-electron chi connectivity index (χ2n) is 10.1. The van der Waals surface area contributed by atoms with Crippen LogP contribution in [0.15, 0.2) is 24.3 Å². The van der Waals surface area contributed by atoms with E-state index in [-0.39, 0.29) is 24.0 Å². The highest BCUT2D eigenvalue weighted by atomic mass is 19.1. The van der Waals surface area contributed by atoms with Gasteiger partial charge in [-0.2, -0.15) is 0 Å². The number of likely N-dealkylation sites (tertiary alicyclic amines) is 1. The maximum Gasteiger partial charge on any atom is 0.247 e. The average molecular weight is 430 g/mol. The molecule has 2 unspecified atom stereocenters. The van der Waals surface area contributed by atoms with Crippen molar-refractivity contribution >= 4 is 11.6 Å². The fourth-order valence-corrected chi connectivity index (χ4v) is 6.07. The molecule has 3 aliphatic heterocycles. The number of hydrogen-bond donors (Lipinski definition) is 1. The molecule has 5 nitrogen and oxygen atoms in total. The van der Waals surface area contributed by atoms with Crippen molar-refractivity contribution in [2.24, 2.45) is 5.92 Å². The van der Waals surface area contributed by atoms with Gasteiger partial charge in [-0.15, -0.1) is 0 Å². The number of benzene rings is 1. The van der Waals surface area contributed by atoms with E-state index in [0.29, 0.717) is 0 Å². The fourth-order valence-electron chi connectivity index (χ4n) is 6.07. The molecule has 170 valence electrons. The van der Waals surface area contributed by atoms with Gasteiger partial charge in [-0.1, -0.05) is 32.1 Å². The van der Waals surface area contributed by atoms with Crippen LogP contribution in [0.3, 0.4) is 0 Å². The Morgan fingerprint density at radius 1 is 1.03 bits per heavy atom. The third-order valence-corrected chi connectivity index (χ3v) is 7.91. The second kappa shape index (κ2) is 9.07. The fraction of sp³-hybridized carbons (Fsp3) is 0.720. The Bertz CT molecular complexity index is 751. The maximum absolute atomic E-state index is 13.6. The summed E-state index contributed by atoms with van der Waals surface area (Å²) in [5, 5.41) is 3.26. The molecule has 1 saturated carbocycles. The van der Waals surface area contributed by atoms with E-state index < -0.39 is 5.54 Å². The van der Waals surface area contributed by atoms with Crippen LogP contribution < -0.4 is 10.2 Å². The van der Waals surface area contributed by atoms with Crippen LogP contribution in [0.5, 0.6) is 0 Å². The van der Waals surface area contributed by atoms with E-state index in [1.54, 1.807) is 0 Å². The van der Waals surface area contributed by atoms with Crippen molar-refractivity contribution in [3.8, 4) is 0 Å². The number of piperidine rings is 1. The zero-order valence-corrected chi connectivity index (χ0v) is 18.5. The van der Waals surface area contributed by atoms with E-state index in [4.69, 9.17) is 4.74 Å². The van der Waals surface area contributed by atoms with E-state index in [1.807, 2.05) is 12.1 Å². The summed E-state index contributed by atoms with van der Waals surface area (Å²) < 4.78 is 19.1. The number of halogens is 1. The molecule has 2 atom stereocenters. The third kappa shape index (κ3) is 4.61. The first-order valence-corrected chi connectivity index (χ1v) is 12.3. The van der Waals surface area contributed by atoms with Crippen molar-refractivity contribution in [2.45, 2.75) is 82.0 Å². The van der Waals surface area contributed by atoms with Gasteiger partial charge in [-0.3, -0.25) is 4.79 Å². The molecule has 3 saturated heterocycles. The Kier molecular flexibility index (Phi) is 6.20. The summed E-state index contributed by atoms with van der Waals surface area (Å²) in [5.74, 6) is 0.695. The molecule has 1 aliphatic carbocycles. The van der Waals surface area contributed by atoms with Gasteiger partial charge in [0.05, 0.1) is 12.7 Å². The van der Waals surface area contributed by atoms with Crippen molar-refractivity contribution in [3.63, 3.8) is 0 Å². The number of epoxide rings is 1. The molecule has 5 rings (SSSR count). The summed E-state index contributed by atoms with van der Waals surface area (Å²) in [7, 11) is 0. The molecular formula is C25H36FN3O2. The van der Waals surface area contributed by atoms with E-state index in [2.05, 4.69) is 15.1 Å². The molecule has 31 heavy (non-hydrogen) atoms. The standard InChI is InChI=1S/C25H36FN3O2/c26-20-8-10-21(11-9-20)29-23(16-22-18-31-22)27-24(30)25(29)12-14-28(15-13-25)17-19-6-4-2-1-3-5-7-19/h8-11,19,22-23H,1-7,12-18H2,(H,27,30). The van der Waals surface area contributed by atoms with E-state index in [9.17, 15) is 9.18 Å². The summed E-state index contributed by atoms with van der Waals surface area (Å²) in [6.07, 6.45) is 12.2. The lowest BCUT2D eigenvalue weighted by Crippen LogP contribution is -2.58. The Morgan fingerprint density at radius 3 is 2.32 bits per heavy atom. The quantitative estimate of drug-likeness (QED) is 0.717. The van der Waals surface area contributed by atoms with Gasteiger partial charge in [0.25, 0.3) is 0 Å². The molecule has 1 amide bonds. The molecule has 1 aromatic rings. The van der Waals surface area contributed by atoms with Crippen molar-refractivity contribution in [1.82, 2.24) is 10.2 Å². The second-order valence-corrected chi connectivity index (χ2v) is 10.1. The molecule has 6 heteroatoms. The normalized spacial score (nSPS) is 29.6. The van der Waals surface area contributed by atoms with Crippen LogP contribution in [-0.4, -0.2) is 54.9 Å². The molecule has 1 aromatic carbocycles. The van der Waals surface area contributed by atoms with Crippen LogP contribution in [0, 0.1) is 11.7 Å². The molecule has 4 fully saturated rings. The number of nitrogens with zero attached hydrogens (tertiary/aromatic N) is 2. The molecule has 0 bridgehead atoms. The zero-order chi connectivity index (χ0) is 21.3. The minimum Gasteiger partial charge on any atom is -0.373 e. The number of anilines is 1. The van der Waals surface area contributed by atoms with Gasteiger partial charge >= 0.3 is 0 Å². The van der Waals surface area contributed by atoms with E-state index in [0.717, 1.165) is 50.6 Å². The zero-order valence-electron chi connectivity index (χ0n) is 18.5. The molecule has 0 radical (unpaired) electrons. The molecule has 1 N–H and O–H groups in total. The van der Waals surface area contributed by atoms with Crippen LogP contribution in [0.2, 0.25) is 0 Å². The van der Waals surface area contributed by atoms with Crippen molar-refractivity contribution in [1.29, 1.82) is 0 Å². The maximum atomic E-state index is 13.6. The Labute approximate surface area is 185 Å². The Hall–Kier alpha value is -1.66. The summed E-state index contributed by atoms with van der Waals surface area (Å²) >= 11 is 0. The van der Waals surface area contributed by atoms with Crippen molar-refractivity contribution in [3.05, 3.63) is 30.1 Å². The Morgan fingerprint density at radius 2 is 1.68 bits per heavy atom. The first kappa shape index (κ1) is 21.2. The SMILES string of the molecule is O=C1NC(CC2CO2)N(c2ccc(F)cc2)C12CCN(CC1CCCCCCC1)CC2. The van der Waals surface area contributed by atoms with Crippen LogP contribution in [0.1, 0.15) is 64.2 Å². The van der Waals surface area contributed by atoms with Crippen molar-refractivity contribution in [2.75, 3.05) is 31.1 Å². The predicted molar refractivity (Wildman–Crippen MR) is 119 cm³/mol. The van der Waals surface area contributed by atoms with Gasteiger partial charge in [-0.05, 0) is 55.9 Å². The first-order valence-electron chi connectivity index (χ1n) is 12.3. The number of nitrogens with one attached hydrogen (secondary N) is 1. The molecule has 3 heterocycles. The lowest BCUT2D eigenvalue weighted by molar-refractivity contribution is -0.125. The van der Waals surface area contributed by atoms with Crippen molar-refractivity contribution < 1.29 is 13.9 Å². The molecule has 0 aromatic heterocycles. The highest BCUT2D eigenvalue weighted by Gasteiger charge is 2.55. The number of carbonyl (C=O) groups is 1. The summed E-state index contributed by atoms with van der Waals surface area (Å²) in [4.78, 5) is 18.2. The van der Waals surface area contributed by atoms with Crippen LogP contribution in [0.25, 0.3) is 0 Å². The monoisotopic (exact) mass is 429 g/mol. The number of hydrogen-bond acceptors (Lipinski definition) is 4. The summed E-state index contributed by atoms with van der Waals surface area (Å²) in [6, 6.07) is 6.64. The topological polar surface area (TPSA) is 48.1 Å². The van der Waals surface area contributed by atoms with Gasteiger partial charge < -0.3 is 19.9 Å². The predicted octanol–water partition coefficient (Wildman–Crippen LogP) is 4.07.